The highest BCUT2D eigenvalue weighted by Crippen LogP contribution is 2.36. The molecule has 4 nitrogen and oxygen atoms in total. The minimum atomic E-state index is -0.510. The van der Waals surface area contributed by atoms with Gasteiger partial charge in [-0.1, -0.05) is 13.8 Å². The zero-order valence-electron chi connectivity index (χ0n) is 10.0. The first-order chi connectivity index (χ1) is 6.67. The first-order valence-electron chi connectivity index (χ1n) is 5.12. The van der Waals surface area contributed by atoms with Crippen LogP contribution in [0.2, 0.25) is 0 Å². The van der Waals surface area contributed by atoms with Crippen LogP contribution in [0.1, 0.15) is 34.6 Å². The molecule has 0 bridgehead atoms. The van der Waals surface area contributed by atoms with Crippen LogP contribution in [0.3, 0.4) is 0 Å². The molecule has 0 saturated carbocycles. The maximum Gasteiger partial charge on any atom is 0.410 e. The fourth-order valence-corrected chi connectivity index (χ4v) is 1.70. The van der Waals surface area contributed by atoms with Gasteiger partial charge < -0.3 is 9.53 Å². The molecule has 0 aromatic heterocycles. The fourth-order valence-electron chi connectivity index (χ4n) is 1.70. The lowest BCUT2D eigenvalue weighted by Crippen LogP contribution is -2.65. The van der Waals surface area contributed by atoms with Gasteiger partial charge in [-0.15, -0.1) is 0 Å². The third-order valence-corrected chi connectivity index (χ3v) is 2.47. The molecular formula is C11H19NO3. The molecule has 15 heavy (non-hydrogen) atoms. The molecule has 1 amide bonds. The largest absolute Gasteiger partial charge is 0.444 e. The average molecular weight is 213 g/mol. The molecular weight excluding hydrogens is 194 g/mol. The molecule has 1 rings (SSSR count). The number of likely N-dealkylation sites (tertiary alicyclic amines) is 1. The van der Waals surface area contributed by atoms with Crippen LogP contribution in [0.4, 0.5) is 4.79 Å². The molecule has 1 fully saturated rings. The Morgan fingerprint density at radius 3 is 2.33 bits per heavy atom. The summed E-state index contributed by atoms with van der Waals surface area (Å²) in [6.45, 7) is 9.94. The van der Waals surface area contributed by atoms with Gasteiger partial charge in [-0.05, 0) is 20.8 Å². The Kier molecular flexibility index (Phi) is 2.81. The lowest BCUT2D eigenvalue weighted by atomic mass is 9.76. The Balaban J connectivity index is 2.61. The molecule has 0 aromatic carbocycles. The van der Waals surface area contributed by atoms with Crippen molar-refractivity contribution in [1.29, 1.82) is 0 Å². The fraction of sp³-hybridized carbons (Fsp3) is 0.818. The van der Waals surface area contributed by atoms with Crippen molar-refractivity contribution in [2.75, 3.05) is 6.54 Å². The van der Waals surface area contributed by atoms with E-state index < -0.39 is 11.7 Å². The maximum absolute atomic E-state index is 11.6. The summed E-state index contributed by atoms with van der Waals surface area (Å²) in [5.74, 6) is 0. The number of rotatable bonds is 1. The molecule has 0 N–H and O–H groups in total. The Morgan fingerprint density at radius 1 is 1.47 bits per heavy atom. The van der Waals surface area contributed by atoms with Crippen LogP contribution >= 0.6 is 0 Å². The van der Waals surface area contributed by atoms with E-state index in [-0.39, 0.29) is 11.5 Å². The van der Waals surface area contributed by atoms with E-state index in [9.17, 15) is 9.59 Å². The van der Waals surface area contributed by atoms with Crippen molar-refractivity contribution in [1.82, 2.24) is 4.90 Å². The molecule has 0 radical (unpaired) electrons. The molecule has 0 aliphatic carbocycles. The zero-order valence-corrected chi connectivity index (χ0v) is 10.0. The standard InChI is InChI=1S/C11H19NO3/c1-10(2,3)15-9(14)12-7-11(4,5)8(12)6-13/h6,8H,7H2,1-5H3. The number of aldehydes is 1. The van der Waals surface area contributed by atoms with Gasteiger partial charge in [0.15, 0.2) is 0 Å². The van der Waals surface area contributed by atoms with E-state index in [2.05, 4.69) is 0 Å². The van der Waals surface area contributed by atoms with Gasteiger partial charge >= 0.3 is 6.09 Å². The van der Waals surface area contributed by atoms with E-state index in [1.807, 2.05) is 34.6 Å². The SMILES string of the molecule is CC(C)(C)OC(=O)N1CC(C)(C)C1C=O. The average Bonchev–Trinajstić information content (AvgIpc) is 1.97. The van der Waals surface area contributed by atoms with E-state index in [0.717, 1.165) is 6.29 Å². The van der Waals surface area contributed by atoms with E-state index >= 15 is 0 Å². The summed E-state index contributed by atoms with van der Waals surface area (Å²) in [6, 6.07) is -0.354. The smallest absolute Gasteiger partial charge is 0.410 e. The monoisotopic (exact) mass is 213 g/mol. The van der Waals surface area contributed by atoms with Crippen molar-refractivity contribution in [3.63, 3.8) is 0 Å². The highest BCUT2D eigenvalue weighted by atomic mass is 16.6. The topological polar surface area (TPSA) is 46.6 Å². The Morgan fingerprint density at radius 2 is 2.00 bits per heavy atom. The highest BCUT2D eigenvalue weighted by molar-refractivity contribution is 5.76. The molecule has 0 aromatic rings. The van der Waals surface area contributed by atoms with Crippen molar-refractivity contribution >= 4 is 12.4 Å². The van der Waals surface area contributed by atoms with Gasteiger partial charge in [0, 0.05) is 12.0 Å². The van der Waals surface area contributed by atoms with Crippen LogP contribution in [0, 0.1) is 5.41 Å². The molecule has 1 unspecified atom stereocenters. The number of ether oxygens (including phenoxy) is 1. The van der Waals surface area contributed by atoms with Crippen LogP contribution in [-0.2, 0) is 9.53 Å². The molecule has 1 heterocycles. The minimum Gasteiger partial charge on any atom is -0.444 e. The summed E-state index contributed by atoms with van der Waals surface area (Å²) in [6.07, 6.45) is 0.409. The van der Waals surface area contributed by atoms with E-state index in [1.54, 1.807) is 0 Å². The Bertz CT molecular complexity index is 278. The van der Waals surface area contributed by atoms with Crippen molar-refractivity contribution in [3.8, 4) is 0 Å². The molecule has 0 spiro atoms. The lowest BCUT2D eigenvalue weighted by molar-refractivity contribution is -0.127. The third kappa shape index (κ3) is 2.49. The van der Waals surface area contributed by atoms with Gasteiger partial charge in [0.05, 0.1) is 6.04 Å². The van der Waals surface area contributed by atoms with Gasteiger partial charge in [-0.2, -0.15) is 0 Å². The summed E-state index contributed by atoms with van der Waals surface area (Å²) in [4.78, 5) is 23.9. The van der Waals surface area contributed by atoms with Crippen LogP contribution in [0.5, 0.6) is 0 Å². The van der Waals surface area contributed by atoms with Crippen molar-refractivity contribution < 1.29 is 14.3 Å². The van der Waals surface area contributed by atoms with Crippen LogP contribution in [-0.4, -0.2) is 35.5 Å². The molecule has 1 aliphatic rings. The van der Waals surface area contributed by atoms with Crippen LogP contribution in [0.25, 0.3) is 0 Å². The van der Waals surface area contributed by atoms with Gasteiger partial charge in [0.25, 0.3) is 0 Å². The van der Waals surface area contributed by atoms with E-state index in [0.29, 0.717) is 6.54 Å². The number of nitrogens with zero attached hydrogens (tertiary/aromatic N) is 1. The second-order valence-corrected chi connectivity index (χ2v) is 5.68. The Labute approximate surface area is 90.6 Å². The second-order valence-electron chi connectivity index (χ2n) is 5.68. The molecule has 86 valence electrons. The summed E-state index contributed by atoms with van der Waals surface area (Å²) < 4.78 is 5.20. The van der Waals surface area contributed by atoms with E-state index in [4.69, 9.17) is 4.74 Å². The van der Waals surface area contributed by atoms with Gasteiger partial charge in [0.2, 0.25) is 0 Å². The molecule has 1 atom stereocenters. The summed E-state index contributed by atoms with van der Waals surface area (Å²) in [7, 11) is 0. The summed E-state index contributed by atoms with van der Waals surface area (Å²) >= 11 is 0. The second kappa shape index (κ2) is 3.51. The highest BCUT2D eigenvalue weighted by Gasteiger charge is 2.49. The molecule has 4 heteroatoms. The zero-order chi connectivity index (χ0) is 11.9. The lowest BCUT2D eigenvalue weighted by Gasteiger charge is -2.51. The summed E-state index contributed by atoms with van der Waals surface area (Å²) in [5.41, 5.74) is -0.636. The molecule has 1 aliphatic heterocycles. The molecule has 1 saturated heterocycles. The summed E-state index contributed by atoms with van der Waals surface area (Å²) in [5, 5.41) is 0. The number of carbonyl (C=O) groups excluding carboxylic acids is 2. The predicted octanol–water partition coefficient (Wildman–Crippen LogP) is 1.83. The van der Waals surface area contributed by atoms with Gasteiger partial charge in [-0.3, -0.25) is 4.90 Å². The predicted molar refractivity (Wildman–Crippen MR) is 56.6 cm³/mol. The number of amides is 1. The van der Waals surface area contributed by atoms with Gasteiger partial charge in [-0.25, -0.2) is 4.79 Å². The number of carbonyl (C=O) groups is 2. The van der Waals surface area contributed by atoms with Crippen molar-refractivity contribution in [2.24, 2.45) is 5.41 Å². The normalized spacial score (nSPS) is 24.3. The van der Waals surface area contributed by atoms with Crippen molar-refractivity contribution in [2.45, 2.75) is 46.3 Å². The van der Waals surface area contributed by atoms with Crippen LogP contribution < -0.4 is 0 Å². The van der Waals surface area contributed by atoms with Gasteiger partial charge in [0.1, 0.15) is 11.9 Å². The third-order valence-electron chi connectivity index (χ3n) is 2.47. The van der Waals surface area contributed by atoms with Crippen molar-refractivity contribution in [3.05, 3.63) is 0 Å². The number of hydrogen-bond donors (Lipinski definition) is 0. The van der Waals surface area contributed by atoms with Crippen LogP contribution in [0.15, 0.2) is 0 Å². The first kappa shape index (κ1) is 12.0. The van der Waals surface area contributed by atoms with E-state index in [1.165, 1.54) is 4.90 Å². The quantitative estimate of drug-likeness (QED) is 0.624. The first-order valence-corrected chi connectivity index (χ1v) is 5.12. The Hall–Kier alpha value is -1.06. The maximum atomic E-state index is 11.6. The minimum absolute atomic E-state index is 0.126. The number of hydrogen-bond acceptors (Lipinski definition) is 3.